The molecule has 0 radical (unpaired) electrons. The quantitative estimate of drug-likeness (QED) is 0.103. The van der Waals surface area contributed by atoms with Crippen molar-refractivity contribution in [2.75, 3.05) is 0 Å². The van der Waals surface area contributed by atoms with Crippen molar-refractivity contribution in [2.24, 2.45) is 0 Å². The molecule has 5 nitrogen and oxygen atoms in total. The first kappa shape index (κ1) is 32.2. The number of imidazole rings is 1. The minimum Gasteiger partial charge on any atom is -0.503 e. The zero-order valence-corrected chi connectivity index (χ0v) is 30.5. The maximum absolute atomic E-state index is 6.59. The first-order valence-electron chi connectivity index (χ1n) is 16.8. The Morgan fingerprint density at radius 2 is 1.34 bits per heavy atom. The maximum atomic E-state index is 6.59. The van der Waals surface area contributed by atoms with Crippen molar-refractivity contribution in [3.8, 4) is 17.3 Å². The Labute approximate surface area is 305 Å². The van der Waals surface area contributed by atoms with E-state index in [0.717, 1.165) is 55.1 Å². The predicted molar refractivity (Wildman–Crippen MR) is 201 cm³/mol. The molecule has 9 rings (SSSR count). The largest absolute Gasteiger partial charge is 2.00 e. The first-order chi connectivity index (χ1) is 23.6. The number of para-hydroxylation sites is 3. The summed E-state index contributed by atoms with van der Waals surface area (Å²) in [6.07, 6.45) is 1.82. The van der Waals surface area contributed by atoms with E-state index >= 15 is 0 Å². The molecule has 0 atom stereocenters. The van der Waals surface area contributed by atoms with Gasteiger partial charge in [0, 0.05) is 28.7 Å². The van der Waals surface area contributed by atoms with Gasteiger partial charge in [0.1, 0.15) is 5.82 Å². The van der Waals surface area contributed by atoms with Crippen molar-refractivity contribution < 1.29 is 25.2 Å². The number of aromatic nitrogens is 4. The number of hydrogen-bond acceptors (Lipinski definition) is 3. The summed E-state index contributed by atoms with van der Waals surface area (Å²) in [7, 11) is 0. The van der Waals surface area contributed by atoms with Gasteiger partial charge in [0.2, 0.25) is 0 Å². The van der Waals surface area contributed by atoms with Crippen molar-refractivity contribution in [3.05, 3.63) is 133 Å². The van der Waals surface area contributed by atoms with E-state index in [-0.39, 0.29) is 31.3 Å². The van der Waals surface area contributed by atoms with Crippen molar-refractivity contribution >= 4 is 60.2 Å². The average molecular weight is 743 g/mol. The molecule has 0 saturated carbocycles. The van der Waals surface area contributed by atoms with Crippen LogP contribution in [-0.2, 0) is 31.3 Å². The summed E-state index contributed by atoms with van der Waals surface area (Å²) < 4.78 is 11.1. The maximum Gasteiger partial charge on any atom is 2.00 e. The predicted octanol–water partition coefficient (Wildman–Crippen LogP) is 11.3. The molecule has 50 heavy (non-hydrogen) atoms. The number of ether oxygens (including phenoxy) is 1. The van der Waals surface area contributed by atoms with Crippen molar-refractivity contribution in [3.63, 3.8) is 0 Å². The zero-order valence-electron chi connectivity index (χ0n) is 28.9. The van der Waals surface area contributed by atoms with Gasteiger partial charge in [-0.05, 0) is 63.1 Å². The second-order valence-electron chi connectivity index (χ2n) is 15.0. The molecule has 0 spiro atoms. The van der Waals surface area contributed by atoms with Crippen LogP contribution in [0.5, 0.6) is 11.5 Å². The summed E-state index contributed by atoms with van der Waals surface area (Å²) in [4.78, 5) is 9.87. The molecule has 0 unspecified atom stereocenters. The van der Waals surface area contributed by atoms with Gasteiger partial charge in [-0.15, -0.1) is 29.7 Å². The minimum absolute atomic E-state index is 0. The van der Waals surface area contributed by atoms with E-state index in [1.165, 1.54) is 22.0 Å². The number of nitrogens with zero attached hydrogens (tertiary/aromatic N) is 4. The molecule has 0 aliphatic rings. The topological polar surface area (TPSA) is 44.3 Å². The van der Waals surface area contributed by atoms with E-state index in [0.29, 0.717) is 11.5 Å². The van der Waals surface area contributed by atoms with Crippen LogP contribution < -0.4 is 4.74 Å². The third-order valence-corrected chi connectivity index (χ3v) is 9.66. The molecule has 4 heterocycles. The molecule has 0 saturated heterocycles. The molecular weight excluding hydrogens is 707 g/mol. The van der Waals surface area contributed by atoms with Crippen LogP contribution in [-0.4, -0.2) is 18.9 Å². The number of rotatable bonds is 3. The molecule has 6 heteroatoms. The normalized spacial score (nSPS) is 12.4. The summed E-state index contributed by atoms with van der Waals surface area (Å²) >= 11 is 0. The van der Waals surface area contributed by atoms with Crippen molar-refractivity contribution in [1.82, 2.24) is 18.9 Å². The van der Waals surface area contributed by atoms with E-state index in [1.807, 2.05) is 36.5 Å². The van der Waals surface area contributed by atoms with Crippen LogP contribution in [0.4, 0.5) is 0 Å². The Bertz CT molecular complexity index is 2760. The van der Waals surface area contributed by atoms with Gasteiger partial charge in [-0.1, -0.05) is 112 Å². The SMILES string of the molecule is CC(C)(C)c1cc(C(C)(C)C)c2c(c1)c1ccc(Oc3[c-]c4c(cc3)c3ccccc3n4-c3ccccn3)[c-]c1c1nc3ccccc3n12.[Pd+2]. The van der Waals surface area contributed by atoms with Gasteiger partial charge in [0.05, 0.1) is 16.7 Å². The molecule has 4 aromatic heterocycles. The Morgan fingerprint density at radius 1 is 0.640 bits per heavy atom. The van der Waals surface area contributed by atoms with Crippen LogP contribution in [0.3, 0.4) is 0 Å². The fraction of sp³-hybridized carbons (Fsp3) is 0.182. The summed E-state index contributed by atoms with van der Waals surface area (Å²) in [5, 5.41) is 5.47. The summed E-state index contributed by atoms with van der Waals surface area (Å²) in [5.74, 6) is 2.06. The molecule has 0 N–H and O–H groups in total. The molecule has 5 aromatic carbocycles. The fourth-order valence-electron chi connectivity index (χ4n) is 7.22. The van der Waals surface area contributed by atoms with Gasteiger partial charge >= 0.3 is 20.4 Å². The minimum atomic E-state index is -0.0928. The van der Waals surface area contributed by atoms with Gasteiger partial charge in [-0.25, -0.2) is 4.98 Å². The summed E-state index contributed by atoms with van der Waals surface area (Å²) in [6.45, 7) is 13.7. The zero-order chi connectivity index (χ0) is 33.7. The van der Waals surface area contributed by atoms with E-state index in [4.69, 9.17) is 9.72 Å². The Kier molecular flexibility index (Phi) is 7.42. The van der Waals surface area contributed by atoms with Crippen molar-refractivity contribution in [1.29, 1.82) is 0 Å². The molecule has 0 amide bonds. The van der Waals surface area contributed by atoms with E-state index < -0.39 is 0 Å². The van der Waals surface area contributed by atoms with E-state index in [1.54, 1.807) is 0 Å². The molecule has 0 aliphatic heterocycles. The van der Waals surface area contributed by atoms with Gasteiger partial charge in [0.15, 0.2) is 0 Å². The smallest absolute Gasteiger partial charge is 0.503 e. The third kappa shape index (κ3) is 5.01. The average Bonchev–Trinajstić information content (AvgIpc) is 3.63. The van der Waals surface area contributed by atoms with E-state index in [2.05, 4.69) is 140 Å². The number of fused-ring (bicyclic) bond motifs is 11. The van der Waals surface area contributed by atoms with Crippen LogP contribution in [0.1, 0.15) is 52.7 Å². The molecule has 9 aromatic rings. The number of benzene rings is 5. The second kappa shape index (κ2) is 11.5. The van der Waals surface area contributed by atoms with Crippen LogP contribution >= 0.6 is 0 Å². The molecule has 0 bridgehead atoms. The van der Waals surface area contributed by atoms with Crippen LogP contribution in [0, 0.1) is 12.1 Å². The monoisotopic (exact) mass is 742 g/mol. The van der Waals surface area contributed by atoms with Crippen LogP contribution in [0.2, 0.25) is 0 Å². The standard InChI is InChI=1S/C44H36N4O.Pd/c1-43(2,3)27-23-33-30-20-18-28(25-34(30)42-46-36-14-8-10-16-38(36)48(42)41(33)35(24-27)44(4,5)6)49-29-19-21-32-31-13-7-9-15-37(31)47(39(32)26-29)40-17-11-12-22-45-40;/h7-24H,1-6H3;/q-2;+2. The van der Waals surface area contributed by atoms with Crippen molar-refractivity contribution in [2.45, 2.75) is 52.4 Å². The van der Waals surface area contributed by atoms with E-state index in [9.17, 15) is 0 Å². The number of hydrogen-bond donors (Lipinski definition) is 0. The van der Waals surface area contributed by atoms with Gasteiger partial charge in [-0.3, -0.25) is 4.98 Å². The molecule has 0 fully saturated rings. The van der Waals surface area contributed by atoms with Crippen LogP contribution in [0.25, 0.3) is 66.0 Å². The second-order valence-corrected chi connectivity index (χ2v) is 15.0. The first-order valence-corrected chi connectivity index (χ1v) is 16.8. The molecular formula is C44H36N4OPd. The Balaban J connectivity index is 0.00000361. The molecule has 0 aliphatic carbocycles. The van der Waals surface area contributed by atoms with Crippen LogP contribution in [0.15, 0.2) is 109 Å². The summed E-state index contributed by atoms with van der Waals surface area (Å²) in [5.41, 5.74) is 8.59. The van der Waals surface area contributed by atoms with Gasteiger partial charge < -0.3 is 13.7 Å². The fourth-order valence-corrected chi connectivity index (χ4v) is 7.22. The number of pyridine rings is 2. The third-order valence-electron chi connectivity index (χ3n) is 9.66. The van der Waals surface area contributed by atoms with Gasteiger partial charge in [0.25, 0.3) is 0 Å². The summed E-state index contributed by atoms with van der Waals surface area (Å²) in [6, 6.07) is 43.0. The Morgan fingerprint density at radius 3 is 2.08 bits per heavy atom. The Hall–Kier alpha value is -5.02. The van der Waals surface area contributed by atoms with Gasteiger partial charge in [-0.2, -0.15) is 6.07 Å². The molecule has 248 valence electrons.